The van der Waals surface area contributed by atoms with E-state index in [0.717, 1.165) is 21.1 Å². The SMILES string of the molecule is COC(=O)C(Cc1c([Se]Cc2ccccc2F)[nH]c2ccccc12)NC(C)=O. The molecule has 1 atom stereocenters. The standard InChI is InChI=1S/C21H21FN2O3Se/c1-13(25)23-19(21(26)27-2)11-16-15-8-4-6-10-18(15)24-20(16)28-12-14-7-3-5-9-17(14)22/h3-10,19,24H,11-12H2,1-2H3,(H,23,25). The molecular weight excluding hydrogens is 426 g/mol. The third-order valence-electron chi connectivity index (χ3n) is 4.38. The number of carbonyl (C=O) groups excluding carboxylic acids is 2. The molecule has 2 N–H and O–H groups in total. The van der Waals surface area contributed by atoms with Crippen LogP contribution >= 0.6 is 0 Å². The number of fused-ring (bicyclic) bond motifs is 1. The van der Waals surface area contributed by atoms with Crippen LogP contribution in [-0.4, -0.2) is 45.0 Å². The second-order valence-corrected chi connectivity index (χ2v) is 8.41. The van der Waals surface area contributed by atoms with Gasteiger partial charge in [0.05, 0.1) is 0 Å². The number of rotatable bonds is 7. The van der Waals surface area contributed by atoms with E-state index in [4.69, 9.17) is 4.74 Å². The molecule has 3 aromatic rings. The number of esters is 1. The van der Waals surface area contributed by atoms with Gasteiger partial charge in [0.1, 0.15) is 0 Å². The molecule has 0 saturated heterocycles. The van der Waals surface area contributed by atoms with E-state index in [-0.39, 0.29) is 26.7 Å². The minimum atomic E-state index is -0.773. The van der Waals surface area contributed by atoms with E-state index >= 15 is 0 Å². The second kappa shape index (κ2) is 9.04. The zero-order valence-corrected chi connectivity index (χ0v) is 17.3. The molecule has 0 spiro atoms. The number of para-hydroxylation sites is 1. The first kappa shape index (κ1) is 20.1. The van der Waals surface area contributed by atoms with Gasteiger partial charge in [0.2, 0.25) is 0 Å². The Balaban J connectivity index is 1.93. The molecule has 0 fully saturated rings. The summed E-state index contributed by atoms with van der Waals surface area (Å²) in [5.74, 6) is -1.01. The molecule has 7 heteroatoms. The first-order chi connectivity index (χ1) is 13.5. The van der Waals surface area contributed by atoms with Gasteiger partial charge in [-0.3, -0.25) is 0 Å². The fourth-order valence-electron chi connectivity index (χ4n) is 3.05. The first-order valence-corrected chi connectivity index (χ1v) is 10.9. The predicted molar refractivity (Wildman–Crippen MR) is 107 cm³/mol. The molecule has 28 heavy (non-hydrogen) atoms. The average molecular weight is 447 g/mol. The van der Waals surface area contributed by atoms with E-state index in [2.05, 4.69) is 10.3 Å². The third-order valence-corrected chi connectivity index (χ3v) is 6.67. The molecule has 1 aromatic heterocycles. The molecule has 0 aliphatic heterocycles. The van der Waals surface area contributed by atoms with Crippen LogP contribution in [0.2, 0.25) is 0 Å². The molecule has 1 heterocycles. The topological polar surface area (TPSA) is 71.2 Å². The van der Waals surface area contributed by atoms with Gasteiger partial charge in [0.15, 0.2) is 0 Å². The number of benzene rings is 2. The number of H-pyrrole nitrogens is 1. The zero-order chi connectivity index (χ0) is 20.1. The van der Waals surface area contributed by atoms with Crippen LogP contribution in [0.5, 0.6) is 0 Å². The van der Waals surface area contributed by atoms with Crippen molar-refractivity contribution in [1.29, 1.82) is 0 Å². The first-order valence-electron chi connectivity index (χ1n) is 8.80. The Bertz CT molecular complexity index is 1000. The van der Waals surface area contributed by atoms with Gasteiger partial charge in [-0.1, -0.05) is 0 Å². The fourth-order valence-corrected chi connectivity index (χ4v) is 5.33. The van der Waals surface area contributed by atoms with Crippen LogP contribution in [0.25, 0.3) is 10.9 Å². The second-order valence-electron chi connectivity index (χ2n) is 6.34. The van der Waals surface area contributed by atoms with Gasteiger partial charge in [0, 0.05) is 0 Å². The number of aromatic amines is 1. The van der Waals surface area contributed by atoms with Crippen LogP contribution in [0.3, 0.4) is 0 Å². The minimum absolute atomic E-state index is 0.0760. The molecule has 0 radical (unpaired) electrons. The van der Waals surface area contributed by atoms with Crippen molar-refractivity contribution < 1.29 is 18.7 Å². The Morgan fingerprint density at radius 1 is 1.18 bits per heavy atom. The molecular formula is C21H21FN2O3Se. The van der Waals surface area contributed by atoms with E-state index in [1.807, 2.05) is 30.3 Å². The van der Waals surface area contributed by atoms with Gasteiger partial charge >= 0.3 is 169 Å². The summed E-state index contributed by atoms with van der Waals surface area (Å²) in [6.07, 6.45) is 0.310. The van der Waals surface area contributed by atoms with Crippen molar-refractivity contribution >= 4 is 42.3 Å². The van der Waals surface area contributed by atoms with Crippen LogP contribution < -0.4 is 9.91 Å². The van der Waals surface area contributed by atoms with E-state index in [1.54, 1.807) is 12.1 Å². The number of ether oxygens (including phenoxy) is 1. The van der Waals surface area contributed by atoms with Gasteiger partial charge in [-0.25, -0.2) is 0 Å². The maximum absolute atomic E-state index is 14.0. The summed E-state index contributed by atoms with van der Waals surface area (Å²) in [6.45, 7) is 1.37. The van der Waals surface area contributed by atoms with Crippen LogP contribution in [0.1, 0.15) is 18.1 Å². The molecule has 0 aliphatic rings. The van der Waals surface area contributed by atoms with Crippen LogP contribution in [-0.2, 0) is 26.1 Å². The molecule has 0 saturated carbocycles. The van der Waals surface area contributed by atoms with Crippen molar-refractivity contribution in [3.63, 3.8) is 0 Å². The van der Waals surface area contributed by atoms with Crippen molar-refractivity contribution in [3.8, 4) is 0 Å². The molecule has 1 amide bonds. The number of methoxy groups -OCH3 is 1. The number of carbonyl (C=O) groups is 2. The van der Waals surface area contributed by atoms with Crippen LogP contribution in [0.15, 0.2) is 48.5 Å². The van der Waals surface area contributed by atoms with Gasteiger partial charge in [0.25, 0.3) is 0 Å². The van der Waals surface area contributed by atoms with Crippen LogP contribution in [0.4, 0.5) is 4.39 Å². The van der Waals surface area contributed by atoms with Gasteiger partial charge < -0.3 is 0 Å². The molecule has 1 unspecified atom stereocenters. The third kappa shape index (κ3) is 4.61. The Labute approximate surface area is 168 Å². The number of nitrogens with one attached hydrogen (secondary N) is 2. The summed E-state index contributed by atoms with van der Waals surface area (Å²) >= 11 is -0.0760. The predicted octanol–water partition coefficient (Wildman–Crippen LogP) is 2.06. The Morgan fingerprint density at radius 3 is 2.61 bits per heavy atom. The monoisotopic (exact) mass is 448 g/mol. The van der Waals surface area contributed by atoms with E-state index in [0.29, 0.717) is 17.3 Å². The number of hydrogen-bond acceptors (Lipinski definition) is 3. The van der Waals surface area contributed by atoms with Crippen molar-refractivity contribution in [2.75, 3.05) is 7.11 Å². The summed E-state index contributed by atoms with van der Waals surface area (Å²) < 4.78 is 19.8. The Kier molecular flexibility index (Phi) is 6.49. The van der Waals surface area contributed by atoms with Crippen molar-refractivity contribution in [2.45, 2.75) is 24.7 Å². The van der Waals surface area contributed by atoms with Crippen LogP contribution in [0, 0.1) is 5.82 Å². The molecule has 0 aliphatic carbocycles. The number of aromatic nitrogens is 1. The molecule has 3 rings (SSSR count). The van der Waals surface area contributed by atoms with Crippen molar-refractivity contribution in [3.05, 3.63) is 65.5 Å². The van der Waals surface area contributed by atoms with Crippen molar-refractivity contribution in [2.24, 2.45) is 0 Å². The molecule has 0 bridgehead atoms. The van der Waals surface area contributed by atoms with Gasteiger partial charge in [-0.05, 0) is 0 Å². The molecule has 2 aromatic carbocycles. The summed E-state index contributed by atoms with van der Waals surface area (Å²) in [4.78, 5) is 27.1. The Hall–Kier alpha value is -2.63. The van der Waals surface area contributed by atoms with E-state index in [1.165, 1.54) is 20.1 Å². The Morgan fingerprint density at radius 2 is 1.89 bits per heavy atom. The molecule has 5 nitrogen and oxygen atoms in total. The van der Waals surface area contributed by atoms with Gasteiger partial charge in [-0.2, -0.15) is 0 Å². The van der Waals surface area contributed by atoms with Gasteiger partial charge in [-0.15, -0.1) is 0 Å². The van der Waals surface area contributed by atoms with E-state index < -0.39 is 12.0 Å². The summed E-state index contributed by atoms with van der Waals surface area (Å²) in [6, 6.07) is 13.8. The maximum atomic E-state index is 14.0. The normalized spacial score (nSPS) is 12.0. The fraction of sp³-hybridized carbons (Fsp3) is 0.238. The number of hydrogen-bond donors (Lipinski definition) is 2. The average Bonchev–Trinajstić information content (AvgIpc) is 3.03. The summed E-state index contributed by atoms with van der Waals surface area (Å²) in [5, 5.41) is 4.24. The molecule has 146 valence electrons. The summed E-state index contributed by atoms with van der Waals surface area (Å²) in [7, 11) is 1.30. The summed E-state index contributed by atoms with van der Waals surface area (Å²) in [5.41, 5.74) is 2.57. The number of amides is 1. The van der Waals surface area contributed by atoms with Crippen molar-refractivity contribution in [1.82, 2.24) is 10.3 Å². The number of halogens is 1. The zero-order valence-electron chi connectivity index (χ0n) is 15.6. The quantitative estimate of drug-likeness (QED) is 0.430. The van der Waals surface area contributed by atoms with E-state index in [9.17, 15) is 14.0 Å².